The third-order valence-corrected chi connectivity index (χ3v) is 1.83. The Hall–Kier alpha value is -2.82. The summed E-state index contributed by atoms with van der Waals surface area (Å²) in [5.41, 5.74) is -1.25. The van der Waals surface area contributed by atoms with Crippen LogP contribution in [0.2, 0.25) is 0 Å². The molecular formula is C6H5N5O6. The Bertz CT molecular complexity index is 479. The van der Waals surface area contributed by atoms with Gasteiger partial charge in [-0.05, 0) is 0 Å². The van der Waals surface area contributed by atoms with Gasteiger partial charge in [-0.1, -0.05) is 0 Å². The van der Waals surface area contributed by atoms with Gasteiger partial charge in [0.15, 0.2) is 0 Å². The van der Waals surface area contributed by atoms with Crippen LogP contribution in [0.15, 0.2) is 12.1 Å². The molecule has 0 aromatic heterocycles. The molecule has 3 N–H and O–H groups in total. The number of hydrogen-bond donors (Lipinski definition) is 2. The lowest BCUT2D eigenvalue weighted by molar-refractivity contribution is -0.401. The lowest BCUT2D eigenvalue weighted by Crippen LogP contribution is -2.11. The summed E-state index contributed by atoms with van der Waals surface area (Å²) in [5, 5.41) is 31.6. The van der Waals surface area contributed by atoms with Crippen molar-refractivity contribution in [2.45, 2.75) is 0 Å². The summed E-state index contributed by atoms with van der Waals surface area (Å²) >= 11 is 0. The predicted octanol–water partition coefficient (Wildman–Crippen LogP) is 0.697. The molecule has 1 aromatic rings. The van der Waals surface area contributed by atoms with Crippen LogP contribution in [0.5, 0.6) is 0 Å². The van der Waals surface area contributed by atoms with Gasteiger partial charge in [0.25, 0.3) is 5.69 Å². The van der Waals surface area contributed by atoms with E-state index in [1.165, 1.54) is 0 Å². The molecule has 0 atom stereocenters. The lowest BCUT2D eigenvalue weighted by atomic mass is 10.2. The van der Waals surface area contributed by atoms with Gasteiger partial charge in [-0.3, -0.25) is 36.2 Å². The normalized spacial score (nSPS) is 9.71. The van der Waals surface area contributed by atoms with E-state index < -0.39 is 37.5 Å². The number of rotatable bonds is 4. The van der Waals surface area contributed by atoms with Crippen LogP contribution >= 0.6 is 0 Å². The van der Waals surface area contributed by atoms with Crippen molar-refractivity contribution in [1.29, 1.82) is 0 Å². The van der Waals surface area contributed by atoms with Crippen molar-refractivity contribution in [2.24, 2.45) is 5.84 Å². The van der Waals surface area contributed by atoms with Crippen LogP contribution in [0.1, 0.15) is 0 Å². The van der Waals surface area contributed by atoms with Crippen LogP contribution in [0.4, 0.5) is 22.7 Å². The van der Waals surface area contributed by atoms with E-state index in [0.717, 1.165) is 0 Å². The maximum Gasteiger partial charge on any atom is 0.307 e. The minimum Gasteiger partial charge on any atom is -0.313 e. The number of hydrogen-bond acceptors (Lipinski definition) is 8. The lowest BCUT2D eigenvalue weighted by Gasteiger charge is -2.02. The zero-order valence-electron chi connectivity index (χ0n) is 8.02. The Morgan fingerprint density at radius 2 is 1.35 bits per heavy atom. The van der Waals surface area contributed by atoms with Gasteiger partial charge in [0, 0.05) is 0 Å². The van der Waals surface area contributed by atoms with Crippen LogP contribution in [0.3, 0.4) is 0 Å². The highest BCUT2D eigenvalue weighted by Crippen LogP contribution is 2.37. The number of non-ortho nitro benzene ring substituents is 1. The topological polar surface area (TPSA) is 167 Å². The molecule has 0 radical (unpaired) electrons. The molecule has 90 valence electrons. The van der Waals surface area contributed by atoms with Gasteiger partial charge in [0.2, 0.25) is 5.69 Å². The summed E-state index contributed by atoms with van der Waals surface area (Å²) in [4.78, 5) is 28.7. The van der Waals surface area contributed by atoms with Crippen molar-refractivity contribution < 1.29 is 14.8 Å². The first-order chi connectivity index (χ1) is 7.88. The van der Waals surface area contributed by atoms with E-state index in [2.05, 4.69) is 0 Å². The minimum atomic E-state index is -1.00. The molecule has 0 unspecified atom stereocenters. The fourth-order valence-corrected chi connectivity index (χ4v) is 1.14. The van der Waals surface area contributed by atoms with E-state index in [9.17, 15) is 30.3 Å². The van der Waals surface area contributed by atoms with E-state index in [0.29, 0.717) is 12.1 Å². The molecule has 1 rings (SSSR count). The third-order valence-electron chi connectivity index (χ3n) is 1.83. The van der Waals surface area contributed by atoms with E-state index in [-0.39, 0.29) is 0 Å². The van der Waals surface area contributed by atoms with Gasteiger partial charge in [-0.15, -0.1) is 0 Å². The number of nitrogens with one attached hydrogen (secondary N) is 1. The highest BCUT2D eigenvalue weighted by Gasteiger charge is 2.29. The number of anilines is 1. The Balaban J connectivity index is 3.63. The van der Waals surface area contributed by atoms with Crippen LogP contribution in [0.25, 0.3) is 0 Å². The summed E-state index contributed by atoms with van der Waals surface area (Å²) in [5.74, 6) is 4.92. The second kappa shape index (κ2) is 4.36. The molecule has 11 nitrogen and oxygen atoms in total. The van der Waals surface area contributed by atoms with E-state index in [1.807, 2.05) is 0 Å². The largest absolute Gasteiger partial charge is 0.313 e. The molecule has 0 saturated heterocycles. The SMILES string of the molecule is NNc1c([N+](=O)[O-])cc([N+](=O)[O-])cc1[N+](=O)[O-]. The summed E-state index contributed by atoms with van der Waals surface area (Å²) in [6, 6.07) is 1.17. The van der Waals surface area contributed by atoms with Crippen LogP contribution in [0, 0.1) is 30.3 Å². The number of nitro groups is 3. The Morgan fingerprint density at radius 1 is 0.941 bits per heavy atom. The number of nitrogen functional groups attached to an aromatic ring is 1. The smallest absolute Gasteiger partial charge is 0.307 e. The van der Waals surface area contributed by atoms with Crippen molar-refractivity contribution in [3.8, 4) is 0 Å². The summed E-state index contributed by atoms with van der Waals surface area (Å²) in [6.45, 7) is 0. The molecule has 0 aliphatic rings. The molecule has 0 aliphatic heterocycles. The first kappa shape index (κ1) is 12.3. The highest BCUT2D eigenvalue weighted by atomic mass is 16.6. The first-order valence-electron chi connectivity index (χ1n) is 3.96. The predicted molar refractivity (Wildman–Crippen MR) is 54.2 cm³/mol. The second-order valence-electron chi connectivity index (χ2n) is 2.77. The van der Waals surface area contributed by atoms with Gasteiger partial charge in [-0.25, -0.2) is 0 Å². The zero-order chi connectivity index (χ0) is 13.2. The average molecular weight is 243 g/mol. The molecule has 1 aromatic carbocycles. The van der Waals surface area contributed by atoms with Crippen molar-refractivity contribution in [3.05, 3.63) is 42.5 Å². The highest BCUT2D eigenvalue weighted by molar-refractivity contribution is 5.76. The fourth-order valence-electron chi connectivity index (χ4n) is 1.14. The van der Waals surface area contributed by atoms with E-state index in [4.69, 9.17) is 5.84 Å². The second-order valence-corrected chi connectivity index (χ2v) is 2.77. The molecule has 0 bridgehead atoms. The van der Waals surface area contributed by atoms with E-state index in [1.54, 1.807) is 5.43 Å². The van der Waals surface area contributed by atoms with Gasteiger partial charge in [0.05, 0.1) is 26.9 Å². The zero-order valence-corrected chi connectivity index (χ0v) is 8.02. The Morgan fingerprint density at radius 3 is 1.59 bits per heavy atom. The maximum absolute atomic E-state index is 10.6. The van der Waals surface area contributed by atoms with Gasteiger partial charge < -0.3 is 5.43 Å². The molecule has 17 heavy (non-hydrogen) atoms. The summed E-state index contributed by atoms with van der Waals surface area (Å²) in [7, 11) is 0. The molecule has 0 saturated carbocycles. The quantitative estimate of drug-likeness (QED) is 0.442. The molecule has 0 heterocycles. The van der Waals surface area contributed by atoms with Gasteiger partial charge in [0.1, 0.15) is 0 Å². The number of nitro benzene ring substituents is 3. The number of nitrogens with two attached hydrogens (primary N) is 1. The van der Waals surface area contributed by atoms with Gasteiger partial charge in [-0.2, -0.15) is 0 Å². The van der Waals surface area contributed by atoms with Crippen LogP contribution in [-0.2, 0) is 0 Å². The summed E-state index contributed by atoms with van der Waals surface area (Å²) < 4.78 is 0. The molecule has 0 spiro atoms. The fraction of sp³-hybridized carbons (Fsp3) is 0. The van der Waals surface area contributed by atoms with Crippen molar-refractivity contribution in [2.75, 3.05) is 5.43 Å². The number of benzene rings is 1. The molecular weight excluding hydrogens is 238 g/mol. The standard InChI is InChI=1S/C6H5N5O6/c7-8-6-4(10(14)15)1-3(9(12)13)2-5(6)11(16)17/h1-2,8H,7H2. The van der Waals surface area contributed by atoms with E-state index >= 15 is 0 Å². The molecule has 0 amide bonds. The first-order valence-corrected chi connectivity index (χ1v) is 3.96. The van der Waals surface area contributed by atoms with Crippen LogP contribution < -0.4 is 11.3 Å². The van der Waals surface area contributed by atoms with Crippen molar-refractivity contribution >= 4 is 22.7 Å². The summed E-state index contributed by atoms with van der Waals surface area (Å²) in [6.07, 6.45) is 0. The Labute approximate surface area is 92.3 Å². The monoisotopic (exact) mass is 243 g/mol. The molecule has 0 fully saturated rings. The number of nitrogens with zero attached hydrogens (tertiary/aromatic N) is 3. The molecule has 0 aliphatic carbocycles. The minimum absolute atomic E-state index is 0.586. The van der Waals surface area contributed by atoms with Crippen molar-refractivity contribution in [3.63, 3.8) is 0 Å². The Kier molecular flexibility index (Phi) is 3.14. The number of hydrazine groups is 1. The van der Waals surface area contributed by atoms with Crippen molar-refractivity contribution in [1.82, 2.24) is 0 Å². The van der Waals surface area contributed by atoms with Gasteiger partial charge >= 0.3 is 11.4 Å². The van der Waals surface area contributed by atoms with Crippen LogP contribution in [-0.4, -0.2) is 14.8 Å². The molecule has 11 heteroatoms. The maximum atomic E-state index is 10.6. The third kappa shape index (κ3) is 2.23. The average Bonchev–Trinajstić information content (AvgIpc) is 2.26.